The molecule has 0 aliphatic heterocycles. The molecule has 30 heavy (non-hydrogen) atoms. The number of aromatic amines is 1. The van der Waals surface area contributed by atoms with Gasteiger partial charge in [-0.3, -0.25) is 9.59 Å². The van der Waals surface area contributed by atoms with Crippen LogP contribution in [0.25, 0.3) is 0 Å². The first-order valence-electron chi connectivity index (χ1n) is 10.0. The monoisotopic (exact) mass is 406 g/mol. The molecule has 0 atom stereocenters. The molecule has 158 valence electrons. The lowest BCUT2D eigenvalue weighted by molar-refractivity contribution is 0.112. The first kappa shape index (κ1) is 23.1. The minimum atomic E-state index is 0.0156. The molecule has 0 aliphatic rings. The van der Waals surface area contributed by atoms with Gasteiger partial charge in [-0.2, -0.15) is 0 Å². The van der Waals surface area contributed by atoms with Crippen LogP contribution in [0.2, 0.25) is 0 Å². The summed E-state index contributed by atoms with van der Waals surface area (Å²) in [5, 5.41) is 2.97. The van der Waals surface area contributed by atoms with E-state index in [2.05, 4.69) is 24.1 Å². The molecule has 0 aliphatic carbocycles. The molecule has 2 N–H and O–H groups in total. The summed E-state index contributed by atoms with van der Waals surface area (Å²) in [6, 6.07) is 17.1. The van der Waals surface area contributed by atoms with Crippen molar-refractivity contribution in [2.24, 2.45) is 0 Å². The zero-order chi connectivity index (χ0) is 22.1. The van der Waals surface area contributed by atoms with E-state index in [4.69, 9.17) is 4.74 Å². The molecule has 5 nitrogen and oxygen atoms in total. The van der Waals surface area contributed by atoms with E-state index in [0.29, 0.717) is 18.0 Å². The van der Waals surface area contributed by atoms with Crippen molar-refractivity contribution in [3.05, 3.63) is 92.9 Å². The standard InChI is InChI=1S/C16H16O2.C9H14N2O/c1-12(2)15-9-8-13(11-17)10-16(15)18-14-6-4-3-5-7-14;1-6-4-7(2)11-9(12)8(6)5-10-3/h3-12H,1-2H3;4,10H,5H2,1-3H3,(H,11,12). The van der Waals surface area contributed by atoms with Crippen molar-refractivity contribution in [1.29, 1.82) is 0 Å². The topological polar surface area (TPSA) is 71.2 Å². The summed E-state index contributed by atoms with van der Waals surface area (Å²) in [7, 11) is 1.83. The lowest BCUT2D eigenvalue weighted by Crippen LogP contribution is -2.20. The van der Waals surface area contributed by atoms with Gasteiger partial charge in [0, 0.05) is 23.4 Å². The number of H-pyrrole nitrogens is 1. The van der Waals surface area contributed by atoms with Crippen LogP contribution in [0.15, 0.2) is 59.4 Å². The van der Waals surface area contributed by atoms with E-state index in [1.54, 1.807) is 6.07 Å². The van der Waals surface area contributed by atoms with Gasteiger partial charge >= 0.3 is 0 Å². The van der Waals surface area contributed by atoms with Crippen LogP contribution in [0.3, 0.4) is 0 Å². The second-order valence-corrected chi connectivity index (χ2v) is 7.46. The molecule has 2 aromatic carbocycles. The Morgan fingerprint density at radius 1 is 1.07 bits per heavy atom. The van der Waals surface area contributed by atoms with Gasteiger partial charge in [0.25, 0.3) is 5.56 Å². The second kappa shape index (κ2) is 11.1. The van der Waals surface area contributed by atoms with Crippen molar-refractivity contribution in [2.45, 2.75) is 40.2 Å². The van der Waals surface area contributed by atoms with Crippen LogP contribution < -0.4 is 15.6 Å². The maximum absolute atomic E-state index is 11.4. The van der Waals surface area contributed by atoms with Gasteiger partial charge in [0.15, 0.2) is 0 Å². The number of hydrogen-bond donors (Lipinski definition) is 2. The molecule has 0 unspecified atom stereocenters. The minimum Gasteiger partial charge on any atom is -0.457 e. The first-order chi connectivity index (χ1) is 14.3. The number of aldehydes is 1. The van der Waals surface area contributed by atoms with Crippen molar-refractivity contribution in [3.8, 4) is 11.5 Å². The predicted molar refractivity (Wildman–Crippen MR) is 122 cm³/mol. The second-order valence-electron chi connectivity index (χ2n) is 7.46. The van der Waals surface area contributed by atoms with Crippen LogP contribution in [-0.4, -0.2) is 18.3 Å². The van der Waals surface area contributed by atoms with Crippen molar-refractivity contribution >= 4 is 6.29 Å². The fourth-order valence-corrected chi connectivity index (χ4v) is 3.08. The lowest BCUT2D eigenvalue weighted by atomic mass is 10.0. The summed E-state index contributed by atoms with van der Waals surface area (Å²) >= 11 is 0. The van der Waals surface area contributed by atoms with E-state index < -0.39 is 0 Å². The number of ether oxygens (including phenoxy) is 1. The Balaban J connectivity index is 0.000000232. The van der Waals surface area contributed by atoms with Crippen molar-refractivity contribution < 1.29 is 9.53 Å². The molecule has 0 spiro atoms. The highest BCUT2D eigenvalue weighted by atomic mass is 16.5. The molecule has 0 saturated heterocycles. The van der Waals surface area contributed by atoms with E-state index in [1.807, 2.05) is 69.4 Å². The summed E-state index contributed by atoms with van der Waals surface area (Å²) < 4.78 is 5.85. The molecule has 3 rings (SSSR count). The Morgan fingerprint density at radius 3 is 2.33 bits per heavy atom. The highest BCUT2D eigenvalue weighted by Crippen LogP contribution is 2.31. The average molecular weight is 407 g/mol. The summed E-state index contributed by atoms with van der Waals surface area (Å²) in [5.41, 5.74) is 4.53. The molecule has 0 fully saturated rings. The maximum Gasteiger partial charge on any atom is 0.252 e. The van der Waals surface area contributed by atoms with E-state index >= 15 is 0 Å². The molecule has 0 radical (unpaired) electrons. The minimum absolute atomic E-state index is 0.0156. The van der Waals surface area contributed by atoms with Crippen molar-refractivity contribution in [3.63, 3.8) is 0 Å². The third kappa shape index (κ3) is 6.42. The number of hydrogen-bond acceptors (Lipinski definition) is 4. The number of carbonyl (C=O) groups is 1. The van der Waals surface area contributed by atoms with Gasteiger partial charge in [0.2, 0.25) is 0 Å². The smallest absolute Gasteiger partial charge is 0.252 e. The quantitative estimate of drug-likeness (QED) is 0.557. The number of carbonyl (C=O) groups excluding carboxylic acids is 1. The lowest BCUT2D eigenvalue weighted by Gasteiger charge is -2.14. The van der Waals surface area contributed by atoms with Gasteiger partial charge in [0.05, 0.1) is 0 Å². The summed E-state index contributed by atoms with van der Waals surface area (Å²) in [5.74, 6) is 1.88. The van der Waals surface area contributed by atoms with Crippen LogP contribution >= 0.6 is 0 Å². The number of nitrogens with one attached hydrogen (secondary N) is 2. The average Bonchev–Trinajstić information content (AvgIpc) is 2.71. The van der Waals surface area contributed by atoms with Crippen molar-refractivity contribution in [2.75, 3.05) is 7.05 Å². The largest absolute Gasteiger partial charge is 0.457 e. The van der Waals surface area contributed by atoms with Gasteiger partial charge in [-0.05, 0) is 62.2 Å². The van der Waals surface area contributed by atoms with E-state index in [9.17, 15) is 9.59 Å². The third-order valence-corrected chi connectivity index (χ3v) is 4.61. The SMILES string of the molecule is CC(C)c1ccc(C=O)cc1Oc1ccccc1.CNCc1c(C)cc(C)[nH]c1=O. The van der Waals surface area contributed by atoms with E-state index in [-0.39, 0.29) is 5.56 Å². The van der Waals surface area contributed by atoms with Crippen LogP contribution in [0.1, 0.15) is 52.5 Å². The molecular formula is C25H30N2O3. The Morgan fingerprint density at radius 2 is 1.77 bits per heavy atom. The van der Waals surface area contributed by atoms with Gasteiger partial charge in [-0.1, -0.05) is 44.2 Å². The zero-order valence-corrected chi connectivity index (χ0v) is 18.3. The number of aryl methyl sites for hydroxylation is 2. The first-order valence-corrected chi connectivity index (χ1v) is 10.0. The molecular weight excluding hydrogens is 376 g/mol. The number of pyridine rings is 1. The Hall–Kier alpha value is -3.18. The van der Waals surface area contributed by atoms with Gasteiger partial charge in [-0.25, -0.2) is 0 Å². The molecule has 5 heteroatoms. The summed E-state index contributed by atoms with van der Waals surface area (Å²) in [6.45, 7) is 8.68. The molecule has 3 aromatic rings. The molecule has 0 bridgehead atoms. The summed E-state index contributed by atoms with van der Waals surface area (Å²) in [6.07, 6.45) is 0.835. The number of para-hydroxylation sites is 1. The van der Waals surface area contributed by atoms with Gasteiger partial charge in [0.1, 0.15) is 17.8 Å². The highest BCUT2D eigenvalue weighted by molar-refractivity contribution is 5.76. The predicted octanol–water partition coefficient (Wildman–Crippen LogP) is 5.13. The van der Waals surface area contributed by atoms with Crippen LogP contribution in [0.5, 0.6) is 11.5 Å². The van der Waals surface area contributed by atoms with Crippen LogP contribution in [-0.2, 0) is 6.54 Å². The molecule has 0 saturated carbocycles. The zero-order valence-electron chi connectivity index (χ0n) is 18.3. The fourth-order valence-electron chi connectivity index (χ4n) is 3.08. The normalized spacial score (nSPS) is 10.3. The van der Waals surface area contributed by atoms with Crippen LogP contribution in [0.4, 0.5) is 0 Å². The van der Waals surface area contributed by atoms with Gasteiger partial charge < -0.3 is 15.0 Å². The highest BCUT2D eigenvalue weighted by Gasteiger charge is 2.09. The Bertz CT molecular complexity index is 1020. The molecule has 1 aromatic heterocycles. The van der Waals surface area contributed by atoms with Gasteiger partial charge in [-0.15, -0.1) is 0 Å². The Kier molecular flexibility index (Phi) is 8.56. The summed E-state index contributed by atoms with van der Waals surface area (Å²) in [4.78, 5) is 25.0. The van der Waals surface area contributed by atoms with Crippen LogP contribution in [0, 0.1) is 13.8 Å². The number of rotatable bonds is 6. The van der Waals surface area contributed by atoms with Crippen molar-refractivity contribution in [1.82, 2.24) is 10.3 Å². The number of benzene rings is 2. The van der Waals surface area contributed by atoms with E-state index in [1.165, 1.54) is 0 Å². The molecule has 0 amide bonds. The third-order valence-electron chi connectivity index (χ3n) is 4.61. The fraction of sp³-hybridized carbons (Fsp3) is 0.280. The van der Waals surface area contributed by atoms with E-state index in [0.717, 1.165) is 40.2 Å². The maximum atomic E-state index is 11.4. The molecule has 1 heterocycles. The number of aromatic nitrogens is 1. The Labute approximate surface area is 178 Å².